The van der Waals surface area contributed by atoms with E-state index in [0.717, 1.165) is 6.54 Å². The van der Waals surface area contributed by atoms with E-state index in [9.17, 15) is 0 Å². The maximum atomic E-state index is 5.46. The van der Waals surface area contributed by atoms with Crippen LogP contribution in [0.15, 0.2) is 0 Å². The van der Waals surface area contributed by atoms with Gasteiger partial charge in [-0.3, -0.25) is 0 Å². The van der Waals surface area contributed by atoms with Crippen molar-refractivity contribution in [3.05, 3.63) is 0 Å². The first kappa shape index (κ1) is 9.28. The molecule has 1 rings (SSSR count). The Hall–Kier alpha value is 1.19. The zero-order valence-corrected chi connectivity index (χ0v) is 10.7. The fraction of sp³-hybridized carbons (Fsp3) is 1.00. The Labute approximate surface area is 74.1 Å². The summed E-state index contributed by atoms with van der Waals surface area (Å²) in [5, 5.41) is 0. The predicted octanol–water partition coefficient (Wildman–Crippen LogP) is 1.85. The molecule has 0 aliphatic carbocycles. The second-order valence-electron chi connectivity index (χ2n) is 2.61. The van der Waals surface area contributed by atoms with Crippen LogP contribution in [0.3, 0.4) is 0 Å². The summed E-state index contributed by atoms with van der Waals surface area (Å²) in [6.45, 7) is 0.899. The summed E-state index contributed by atoms with van der Waals surface area (Å²) in [5.41, 5.74) is 5.46. The molecule has 0 radical (unpaired) electrons. The van der Waals surface area contributed by atoms with Crippen molar-refractivity contribution in [3.8, 4) is 0 Å². The maximum absolute atomic E-state index is 5.46. The van der Waals surface area contributed by atoms with Crippen LogP contribution in [0.5, 0.6) is 0 Å². The predicted molar refractivity (Wildman–Crippen MR) is 50.7 cm³/mol. The van der Waals surface area contributed by atoms with Gasteiger partial charge in [0.1, 0.15) is 0 Å². The Bertz CT molecular complexity index is 83.7. The standard InChI is InChI=1S/C5H10.C2H7NS.Bi/c1-3-5-4-2;3-1-2-4;/h1-5H2;4H,1-3H2;/q;;+1/p-1. The van der Waals surface area contributed by atoms with Crippen molar-refractivity contribution in [2.75, 3.05) is 12.3 Å². The van der Waals surface area contributed by atoms with Gasteiger partial charge in [0.05, 0.1) is 0 Å². The van der Waals surface area contributed by atoms with E-state index >= 15 is 0 Å². The van der Waals surface area contributed by atoms with Crippen molar-refractivity contribution in [1.29, 1.82) is 0 Å². The monoisotopic (exact) mass is 355 g/mol. The average Bonchev–Trinajstić information content (AvgIpc) is 2.03. The number of nitrogens with two attached hydrogens (primary N) is 1. The van der Waals surface area contributed by atoms with E-state index in [0.29, 0.717) is 0 Å². The molecule has 1 aliphatic rings. The van der Waals surface area contributed by atoms with Gasteiger partial charge in [-0.1, -0.05) is 0 Å². The zero-order valence-electron chi connectivity index (χ0n) is 6.38. The molecule has 0 aromatic rings. The summed E-state index contributed by atoms with van der Waals surface area (Å²) < 4.78 is 3.28. The van der Waals surface area contributed by atoms with E-state index in [1.807, 2.05) is 0 Å². The summed E-state index contributed by atoms with van der Waals surface area (Å²) in [7, 11) is 2.28. The van der Waals surface area contributed by atoms with E-state index < -0.39 is 20.3 Å². The second kappa shape index (κ2) is 5.79. The molecule has 1 aliphatic heterocycles. The average molecular weight is 355 g/mol. The van der Waals surface area contributed by atoms with Gasteiger partial charge in [-0.05, 0) is 0 Å². The topological polar surface area (TPSA) is 26.0 Å². The van der Waals surface area contributed by atoms with Crippen LogP contribution in [-0.4, -0.2) is 32.6 Å². The molecule has 0 aromatic heterocycles. The molecular weight excluding hydrogens is 339 g/mol. The van der Waals surface area contributed by atoms with Crippen molar-refractivity contribution in [2.24, 2.45) is 5.73 Å². The third-order valence-electron chi connectivity index (χ3n) is 1.71. The summed E-state index contributed by atoms with van der Waals surface area (Å²) in [6, 6.07) is 0. The van der Waals surface area contributed by atoms with Gasteiger partial charge >= 0.3 is 74.4 Å². The van der Waals surface area contributed by atoms with E-state index in [4.69, 9.17) is 5.73 Å². The Morgan fingerprint density at radius 2 is 1.90 bits per heavy atom. The van der Waals surface area contributed by atoms with Crippen LogP contribution in [0, 0.1) is 0 Å². The van der Waals surface area contributed by atoms with Gasteiger partial charge in [0.25, 0.3) is 0 Å². The molecule has 2 N–H and O–H groups in total. The molecule has 1 fully saturated rings. The van der Waals surface area contributed by atoms with Crippen LogP contribution in [-0.2, 0) is 0 Å². The minimum absolute atomic E-state index is 0.890. The fourth-order valence-corrected chi connectivity index (χ4v) is 16.7. The minimum atomic E-state index is -0.890. The molecule has 0 amide bonds. The van der Waals surface area contributed by atoms with Gasteiger partial charge in [0.15, 0.2) is 0 Å². The molecule has 3 heteroatoms. The van der Waals surface area contributed by atoms with Crippen LogP contribution >= 0.6 is 8.52 Å². The quantitative estimate of drug-likeness (QED) is 0.782. The van der Waals surface area contributed by atoms with Crippen LogP contribution in [0.4, 0.5) is 0 Å². The number of hydrogen-bond donors (Lipinski definition) is 1. The fourth-order valence-electron chi connectivity index (χ4n) is 1.18. The third kappa shape index (κ3) is 3.55. The Balaban J connectivity index is 2.02. The Morgan fingerprint density at radius 3 is 2.50 bits per heavy atom. The van der Waals surface area contributed by atoms with Gasteiger partial charge in [-0.15, -0.1) is 0 Å². The first-order chi connectivity index (χ1) is 4.93. The van der Waals surface area contributed by atoms with Gasteiger partial charge in [0, 0.05) is 0 Å². The van der Waals surface area contributed by atoms with Crippen molar-refractivity contribution < 1.29 is 0 Å². The van der Waals surface area contributed by atoms with Crippen molar-refractivity contribution >= 4 is 28.8 Å². The molecule has 0 spiro atoms. The summed E-state index contributed by atoms with van der Waals surface area (Å²) in [6.07, 6.45) is 4.58. The van der Waals surface area contributed by atoms with E-state index in [2.05, 4.69) is 8.52 Å². The summed E-state index contributed by atoms with van der Waals surface area (Å²) in [4.78, 5) is 0. The molecule has 1 nitrogen and oxygen atoms in total. The molecular formula is C7H16BiNS. The van der Waals surface area contributed by atoms with Crippen LogP contribution in [0.2, 0.25) is 8.26 Å². The van der Waals surface area contributed by atoms with Gasteiger partial charge in [-0.25, -0.2) is 0 Å². The molecule has 1 saturated heterocycles. The Morgan fingerprint density at radius 1 is 1.20 bits per heavy atom. The molecule has 0 saturated carbocycles. The van der Waals surface area contributed by atoms with Gasteiger partial charge in [-0.2, -0.15) is 0 Å². The van der Waals surface area contributed by atoms with E-state index in [1.165, 1.54) is 25.0 Å². The van der Waals surface area contributed by atoms with Gasteiger partial charge < -0.3 is 0 Å². The molecule has 0 bridgehead atoms. The van der Waals surface area contributed by atoms with Crippen molar-refractivity contribution in [2.45, 2.75) is 27.5 Å². The third-order valence-corrected chi connectivity index (χ3v) is 18.4. The molecule has 10 heavy (non-hydrogen) atoms. The SMILES string of the molecule is NCC[S][Bi]1[CH2]CCC[CH2]1. The summed E-state index contributed by atoms with van der Waals surface area (Å²) >= 11 is -0.890. The normalized spacial score (nSPS) is 21.3. The number of hydrogen-bond acceptors (Lipinski definition) is 2. The molecule has 0 atom stereocenters. The Kier molecular flexibility index (Phi) is 5.38. The molecule has 0 unspecified atom stereocenters. The van der Waals surface area contributed by atoms with Crippen molar-refractivity contribution in [1.82, 2.24) is 0 Å². The second-order valence-corrected chi connectivity index (χ2v) is 18.0. The zero-order chi connectivity index (χ0) is 7.23. The molecule has 1 heterocycles. The first-order valence-electron chi connectivity index (χ1n) is 4.01. The van der Waals surface area contributed by atoms with E-state index in [-0.39, 0.29) is 0 Å². The van der Waals surface area contributed by atoms with Gasteiger partial charge in [0.2, 0.25) is 0 Å². The van der Waals surface area contributed by atoms with Crippen LogP contribution < -0.4 is 5.73 Å². The van der Waals surface area contributed by atoms with Crippen LogP contribution in [0.1, 0.15) is 19.3 Å². The summed E-state index contributed by atoms with van der Waals surface area (Å²) in [5.74, 6) is 1.25. The number of rotatable bonds is 3. The molecule has 0 aromatic carbocycles. The first-order valence-corrected chi connectivity index (χ1v) is 14.1. The van der Waals surface area contributed by atoms with E-state index in [1.54, 1.807) is 8.26 Å². The van der Waals surface area contributed by atoms with Crippen molar-refractivity contribution in [3.63, 3.8) is 0 Å². The molecule has 60 valence electrons. The van der Waals surface area contributed by atoms with Crippen LogP contribution in [0.25, 0.3) is 0 Å².